The molecule has 0 aromatic heterocycles. The third kappa shape index (κ3) is 6.08. The van der Waals surface area contributed by atoms with Crippen molar-refractivity contribution >= 4 is 36.8 Å². The van der Waals surface area contributed by atoms with Crippen LogP contribution in [-0.4, -0.2) is 30.3 Å². The first-order valence-electron chi connectivity index (χ1n) is 12.1. The van der Waals surface area contributed by atoms with Gasteiger partial charge in [0.25, 0.3) is 0 Å². The average Bonchev–Trinajstić information content (AvgIpc) is 2.87. The number of hydrogen-bond acceptors (Lipinski definition) is 5. The summed E-state index contributed by atoms with van der Waals surface area (Å²) >= 11 is -3.65. The van der Waals surface area contributed by atoms with Gasteiger partial charge >= 0.3 is 203 Å². The maximum atomic E-state index is 11.4. The van der Waals surface area contributed by atoms with Crippen LogP contribution in [0.5, 0.6) is 11.5 Å². The topological polar surface area (TPSA) is 74.0 Å². The second kappa shape index (κ2) is 10.9. The molecule has 33 heavy (non-hydrogen) atoms. The third-order valence-corrected chi connectivity index (χ3v) is 16.3. The van der Waals surface area contributed by atoms with Crippen LogP contribution < -0.4 is 6.15 Å². The zero-order chi connectivity index (χ0) is 24.1. The molecule has 0 saturated carbocycles. The normalized spacial score (nSPS) is 14.7. The zero-order valence-electron chi connectivity index (χ0n) is 20.5. The van der Waals surface area contributed by atoms with Gasteiger partial charge in [0.1, 0.15) is 0 Å². The molecule has 0 radical (unpaired) electrons. The van der Waals surface area contributed by atoms with Crippen LogP contribution in [0.15, 0.2) is 41.4 Å². The van der Waals surface area contributed by atoms with E-state index in [-0.39, 0.29) is 16.0 Å². The van der Waals surface area contributed by atoms with E-state index in [2.05, 4.69) is 46.8 Å². The SMILES string of the molecule is CCC[CH2][Sn]1([CH2]CCC)[O]c2ccc([N+](=O)[O-])cc2C=Nc2cc(C(C)(C)CC)ccc2[O]1. The van der Waals surface area contributed by atoms with Crippen molar-refractivity contribution in [1.29, 1.82) is 0 Å². The number of aliphatic imine (C=N–C) groups is 1. The van der Waals surface area contributed by atoms with Crippen LogP contribution in [0.3, 0.4) is 0 Å². The Morgan fingerprint density at radius 2 is 1.61 bits per heavy atom. The van der Waals surface area contributed by atoms with Gasteiger partial charge in [-0.25, -0.2) is 0 Å². The van der Waals surface area contributed by atoms with Crippen molar-refractivity contribution in [2.75, 3.05) is 0 Å². The molecule has 0 spiro atoms. The summed E-state index contributed by atoms with van der Waals surface area (Å²) in [5.41, 5.74) is 2.65. The number of non-ortho nitro benzene ring substituents is 1. The molecule has 0 amide bonds. The number of nitrogens with zero attached hydrogens (tertiary/aromatic N) is 2. The first-order valence-corrected chi connectivity index (χ1v) is 18.5. The van der Waals surface area contributed by atoms with Crippen molar-refractivity contribution in [3.63, 3.8) is 0 Å². The van der Waals surface area contributed by atoms with Crippen molar-refractivity contribution < 1.29 is 11.1 Å². The Bertz CT molecular complexity index is 1010. The van der Waals surface area contributed by atoms with Gasteiger partial charge in [-0.15, -0.1) is 0 Å². The molecule has 0 fully saturated rings. The Morgan fingerprint density at radius 1 is 0.970 bits per heavy atom. The third-order valence-electron chi connectivity index (χ3n) is 6.59. The molecule has 0 saturated heterocycles. The molecular weight excluding hydrogens is 523 g/mol. The number of hydrogen-bond donors (Lipinski definition) is 0. The van der Waals surface area contributed by atoms with E-state index in [1.165, 1.54) is 11.6 Å². The number of benzene rings is 2. The Balaban J connectivity index is 2.19. The Morgan fingerprint density at radius 3 is 2.21 bits per heavy atom. The van der Waals surface area contributed by atoms with Gasteiger partial charge in [0, 0.05) is 0 Å². The van der Waals surface area contributed by atoms with E-state index in [1.807, 2.05) is 6.07 Å². The number of rotatable bonds is 9. The van der Waals surface area contributed by atoms with E-state index < -0.39 is 19.2 Å². The average molecular weight is 559 g/mol. The van der Waals surface area contributed by atoms with E-state index in [1.54, 1.807) is 18.3 Å². The minimum absolute atomic E-state index is 0.0148. The predicted molar refractivity (Wildman–Crippen MR) is 137 cm³/mol. The quantitative estimate of drug-likeness (QED) is 0.178. The summed E-state index contributed by atoms with van der Waals surface area (Å²) in [4.78, 5) is 15.8. The Kier molecular flexibility index (Phi) is 8.42. The Labute approximate surface area is 202 Å². The van der Waals surface area contributed by atoms with Crippen molar-refractivity contribution in [3.05, 3.63) is 57.6 Å². The van der Waals surface area contributed by atoms with Gasteiger partial charge in [0.15, 0.2) is 0 Å². The van der Waals surface area contributed by atoms with Crippen LogP contribution in [0, 0.1) is 10.1 Å². The summed E-state index contributed by atoms with van der Waals surface area (Å²) in [5, 5.41) is 11.4. The van der Waals surface area contributed by atoms with Gasteiger partial charge in [-0.1, -0.05) is 0 Å². The Hall–Kier alpha value is -2.09. The summed E-state index contributed by atoms with van der Waals surface area (Å²) in [5.74, 6) is 1.42. The second-order valence-electron chi connectivity index (χ2n) is 9.48. The summed E-state index contributed by atoms with van der Waals surface area (Å²) in [6.07, 6.45) is 6.91. The maximum absolute atomic E-state index is 11.4. The molecular formula is C26H36N2O4Sn. The van der Waals surface area contributed by atoms with Gasteiger partial charge in [-0.2, -0.15) is 0 Å². The molecule has 178 valence electrons. The molecule has 0 bridgehead atoms. The van der Waals surface area contributed by atoms with Crippen LogP contribution in [-0.2, 0) is 5.41 Å². The fraction of sp³-hybridized carbons (Fsp3) is 0.500. The number of fused-ring (bicyclic) bond motifs is 2. The van der Waals surface area contributed by atoms with E-state index in [0.717, 1.165) is 52.4 Å². The van der Waals surface area contributed by atoms with Crippen molar-refractivity contribution in [1.82, 2.24) is 0 Å². The second-order valence-corrected chi connectivity index (χ2v) is 18.7. The molecule has 2 aromatic rings. The number of nitro benzene ring substituents is 1. The van der Waals surface area contributed by atoms with Crippen molar-refractivity contribution in [2.24, 2.45) is 4.99 Å². The molecule has 3 rings (SSSR count). The molecule has 1 heterocycles. The summed E-state index contributed by atoms with van der Waals surface area (Å²) < 4.78 is 15.5. The molecule has 2 aromatic carbocycles. The fourth-order valence-corrected chi connectivity index (χ4v) is 14.4. The summed E-state index contributed by atoms with van der Waals surface area (Å²) in [6, 6.07) is 11.1. The standard InChI is InChI=1S/C18H20N2O4.2C4H9.Sn/c1-4-18(2,3)13-5-7-17(22)15(10-13)19-11-12-9-14(20(23)24)6-8-16(12)21;2*1-3-4-2;/h5-11,21-22H,4H2,1-3H3;2*1,3-4H2,2H3;/q;;;+2/p-2. The van der Waals surface area contributed by atoms with Gasteiger partial charge in [-0.05, 0) is 0 Å². The molecule has 0 atom stereocenters. The van der Waals surface area contributed by atoms with E-state index >= 15 is 0 Å². The monoisotopic (exact) mass is 560 g/mol. The molecule has 0 N–H and O–H groups in total. The molecule has 1 aliphatic heterocycles. The number of unbranched alkanes of at least 4 members (excludes halogenated alkanes) is 2. The van der Waals surface area contributed by atoms with E-state index in [9.17, 15) is 10.1 Å². The van der Waals surface area contributed by atoms with Crippen LogP contribution in [0.25, 0.3) is 0 Å². The molecule has 0 unspecified atom stereocenters. The molecule has 6 nitrogen and oxygen atoms in total. The van der Waals surface area contributed by atoms with E-state index in [0.29, 0.717) is 11.3 Å². The minimum atomic E-state index is -3.65. The molecule has 1 aliphatic rings. The van der Waals surface area contributed by atoms with Gasteiger partial charge in [-0.3, -0.25) is 0 Å². The predicted octanol–water partition coefficient (Wildman–Crippen LogP) is 7.85. The van der Waals surface area contributed by atoms with Crippen LogP contribution >= 0.6 is 0 Å². The van der Waals surface area contributed by atoms with E-state index in [4.69, 9.17) is 11.1 Å². The first-order chi connectivity index (χ1) is 15.7. The van der Waals surface area contributed by atoms with Crippen LogP contribution in [0.4, 0.5) is 11.4 Å². The van der Waals surface area contributed by atoms with Gasteiger partial charge in [0.2, 0.25) is 0 Å². The number of nitro groups is 1. The van der Waals surface area contributed by atoms with Crippen LogP contribution in [0.2, 0.25) is 8.87 Å². The summed E-state index contributed by atoms with van der Waals surface area (Å²) in [6.45, 7) is 11.0. The van der Waals surface area contributed by atoms with Crippen LogP contribution in [0.1, 0.15) is 77.8 Å². The summed E-state index contributed by atoms with van der Waals surface area (Å²) in [7, 11) is 0. The zero-order valence-corrected chi connectivity index (χ0v) is 23.4. The van der Waals surface area contributed by atoms with Crippen molar-refractivity contribution in [2.45, 2.75) is 81.0 Å². The van der Waals surface area contributed by atoms with Gasteiger partial charge in [0.05, 0.1) is 0 Å². The van der Waals surface area contributed by atoms with Crippen molar-refractivity contribution in [3.8, 4) is 11.5 Å². The molecule has 7 heteroatoms. The van der Waals surface area contributed by atoms with Gasteiger partial charge < -0.3 is 0 Å². The first kappa shape index (κ1) is 25.5. The molecule has 0 aliphatic carbocycles. The fourth-order valence-electron chi connectivity index (χ4n) is 3.95.